The molecular weight excluding hydrogens is 316 g/mol. The number of anilines is 2. The molecule has 1 aromatic carbocycles. The van der Waals surface area contributed by atoms with E-state index in [0.29, 0.717) is 22.4 Å². The fourth-order valence-corrected chi connectivity index (χ4v) is 2.71. The monoisotopic (exact) mass is 324 g/mol. The molecule has 5 nitrogen and oxygen atoms in total. The Morgan fingerprint density at radius 2 is 1.83 bits per heavy atom. The number of nitrogen functional groups attached to an aromatic ring is 2. The minimum absolute atomic E-state index is 0.325. The number of hydrogen-bond donors (Lipinski definition) is 2. The Bertz CT molecular complexity index is 585. The molecule has 0 radical (unpaired) electrons. The number of carbonyl (C=O) groups excluding carboxylic acids is 1. The quantitative estimate of drug-likeness (QED) is 0.664. The van der Waals surface area contributed by atoms with Crippen LogP contribution in [0.4, 0.5) is 11.6 Å². The van der Waals surface area contributed by atoms with Gasteiger partial charge in [0.15, 0.2) is 5.16 Å². The minimum Gasteiger partial charge on any atom is -0.383 e. The molecule has 2 aromatic rings. The van der Waals surface area contributed by atoms with E-state index in [1.165, 1.54) is 17.8 Å². The molecule has 0 spiro atoms. The molecule has 0 saturated heterocycles. The number of hydrogen-bond acceptors (Lipinski definition) is 6. The number of halogens is 1. The minimum atomic E-state index is 0.325. The van der Waals surface area contributed by atoms with Crippen LogP contribution in [-0.4, -0.2) is 16.3 Å². The van der Waals surface area contributed by atoms with E-state index < -0.39 is 0 Å². The fourth-order valence-electron chi connectivity index (χ4n) is 1.28. The normalized spacial score (nSPS) is 10.3. The van der Waals surface area contributed by atoms with Crippen LogP contribution in [0.5, 0.6) is 0 Å². The number of nitrogens with two attached hydrogens (primary N) is 2. The van der Waals surface area contributed by atoms with E-state index in [2.05, 4.69) is 25.9 Å². The Balaban J connectivity index is 2.31. The first-order valence-corrected chi connectivity index (χ1v) is 6.52. The van der Waals surface area contributed by atoms with Crippen molar-refractivity contribution < 1.29 is 4.79 Å². The predicted molar refractivity (Wildman–Crippen MR) is 74.5 cm³/mol. The van der Waals surface area contributed by atoms with Crippen molar-refractivity contribution in [2.75, 3.05) is 11.5 Å². The molecule has 0 aliphatic carbocycles. The first-order chi connectivity index (χ1) is 8.58. The van der Waals surface area contributed by atoms with Gasteiger partial charge in [-0.15, -0.1) is 0 Å². The molecule has 18 heavy (non-hydrogen) atoms. The van der Waals surface area contributed by atoms with Crippen LogP contribution in [0.25, 0.3) is 0 Å². The average Bonchev–Trinajstić information content (AvgIpc) is 2.30. The lowest BCUT2D eigenvalue weighted by molar-refractivity contribution is 0.112. The van der Waals surface area contributed by atoms with Crippen LogP contribution >= 0.6 is 27.7 Å². The lowest BCUT2D eigenvalue weighted by atomic mass is 10.2. The molecule has 92 valence electrons. The SMILES string of the molecule is Nc1cc(N)nc(Sc2ccc(C=O)cc2Br)n1. The van der Waals surface area contributed by atoms with Crippen LogP contribution in [0, 0.1) is 0 Å². The molecular formula is C11H9BrN4OS. The highest BCUT2D eigenvalue weighted by Gasteiger charge is 2.07. The predicted octanol–water partition coefficient (Wildman–Crippen LogP) is 2.37. The Labute approximate surface area is 116 Å². The van der Waals surface area contributed by atoms with E-state index in [1.54, 1.807) is 18.2 Å². The van der Waals surface area contributed by atoms with Gasteiger partial charge in [-0.05, 0) is 39.8 Å². The number of aromatic nitrogens is 2. The number of carbonyl (C=O) groups is 1. The molecule has 0 aliphatic heterocycles. The smallest absolute Gasteiger partial charge is 0.196 e. The van der Waals surface area contributed by atoms with Gasteiger partial charge in [0.25, 0.3) is 0 Å². The maximum atomic E-state index is 10.6. The molecule has 1 heterocycles. The largest absolute Gasteiger partial charge is 0.383 e. The van der Waals surface area contributed by atoms with Crippen molar-refractivity contribution in [1.29, 1.82) is 0 Å². The van der Waals surface area contributed by atoms with Crippen LogP contribution < -0.4 is 11.5 Å². The summed E-state index contributed by atoms with van der Waals surface area (Å²) in [6.07, 6.45) is 0.786. The second kappa shape index (κ2) is 5.36. The van der Waals surface area contributed by atoms with Gasteiger partial charge in [0.05, 0.1) is 0 Å². The van der Waals surface area contributed by atoms with Gasteiger partial charge < -0.3 is 11.5 Å². The molecule has 4 N–H and O–H groups in total. The summed E-state index contributed by atoms with van der Waals surface area (Å²) in [7, 11) is 0. The number of aldehydes is 1. The van der Waals surface area contributed by atoms with Crippen molar-refractivity contribution in [3.8, 4) is 0 Å². The van der Waals surface area contributed by atoms with Crippen molar-refractivity contribution in [3.05, 3.63) is 34.3 Å². The van der Waals surface area contributed by atoms with Crippen LogP contribution in [-0.2, 0) is 0 Å². The third-order valence-corrected chi connectivity index (χ3v) is 3.90. The summed E-state index contributed by atoms with van der Waals surface area (Å²) >= 11 is 4.70. The highest BCUT2D eigenvalue weighted by molar-refractivity contribution is 9.10. The van der Waals surface area contributed by atoms with Gasteiger partial charge in [0, 0.05) is 21.0 Å². The molecule has 0 unspecified atom stereocenters. The van der Waals surface area contributed by atoms with E-state index >= 15 is 0 Å². The lowest BCUT2D eigenvalue weighted by Crippen LogP contribution is -1.99. The number of benzene rings is 1. The van der Waals surface area contributed by atoms with E-state index in [0.717, 1.165) is 15.7 Å². The van der Waals surface area contributed by atoms with Gasteiger partial charge in [-0.25, -0.2) is 9.97 Å². The Kier molecular flexibility index (Phi) is 3.83. The van der Waals surface area contributed by atoms with Crippen molar-refractivity contribution in [1.82, 2.24) is 9.97 Å². The summed E-state index contributed by atoms with van der Waals surface area (Å²) in [5.74, 6) is 0.649. The first kappa shape index (κ1) is 12.8. The second-order valence-corrected chi connectivity index (χ2v) is 5.27. The number of rotatable bonds is 3. The van der Waals surface area contributed by atoms with Crippen LogP contribution in [0.15, 0.2) is 38.8 Å². The summed E-state index contributed by atoms with van der Waals surface area (Å²) in [4.78, 5) is 19.7. The van der Waals surface area contributed by atoms with Gasteiger partial charge in [-0.3, -0.25) is 4.79 Å². The van der Waals surface area contributed by atoms with Gasteiger partial charge in [-0.2, -0.15) is 0 Å². The zero-order valence-electron chi connectivity index (χ0n) is 9.13. The summed E-state index contributed by atoms with van der Waals surface area (Å²) < 4.78 is 0.793. The summed E-state index contributed by atoms with van der Waals surface area (Å²) in [5.41, 5.74) is 11.8. The Hall–Kier alpha value is -1.60. The summed E-state index contributed by atoms with van der Waals surface area (Å²) in [6, 6.07) is 6.75. The molecule has 0 amide bonds. The second-order valence-electron chi connectivity index (χ2n) is 3.41. The summed E-state index contributed by atoms with van der Waals surface area (Å²) in [6.45, 7) is 0. The molecule has 0 fully saturated rings. The summed E-state index contributed by atoms with van der Waals surface area (Å²) in [5, 5.41) is 0.465. The molecule has 7 heteroatoms. The molecule has 0 aliphatic rings. The maximum absolute atomic E-state index is 10.6. The highest BCUT2D eigenvalue weighted by atomic mass is 79.9. The molecule has 0 atom stereocenters. The van der Waals surface area contributed by atoms with E-state index in [4.69, 9.17) is 11.5 Å². The average molecular weight is 325 g/mol. The van der Waals surface area contributed by atoms with Crippen LogP contribution in [0.1, 0.15) is 10.4 Å². The van der Waals surface area contributed by atoms with Crippen LogP contribution in [0.2, 0.25) is 0 Å². The van der Waals surface area contributed by atoms with Gasteiger partial charge in [0.2, 0.25) is 0 Å². The Morgan fingerprint density at radius 3 is 2.39 bits per heavy atom. The fraction of sp³-hybridized carbons (Fsp3) is 0. The van der Waals surface area contributed by atoms with E-state index in [1.807, 2.05) is 0 Å². The molecule has 1 aromatic heterocycles. The zero-order chi connectivity index (χ0) is 13.1. The van der Waals surface area contributed by atoms with E-state index in [9.17, 15) is 4.79 Å². The van der Waals surface area contributed by atoms with E-state index in [-0.39, 0.29) is 0 Å². The third-order valence-electron chi connectivity index (χ3n) is 2.04. The standard InChI is InChI=1S/C11H9BrN4OS/c12-7-3-6(5-17)1-2-8(7)18-11-15-9(13)4-10(14)16-11/h1-5H,(H4,13,14,15,16). The van der Waals surface area contributed by atoms with Crippen molar-refractivity contribution in [2.24, 2.45) is 0 Å². The molecule has 2 rings (SSSR count). The molecule has 0 bridgehead atoms. The molecule has 0 saturated carbocycles. The van der Waals surface area contributed by atoms with Crippen molar-refractivity contribution >= 4 is 45.6 Å². The Morgan fingerprint density at radius 1 is 1.17 bits per heavy atom. The topological polar surface area (TPSA) is 94.9 Å². The van der Waals surface area contributed by atoms with Gasteiger partial charge >= 0.3 is 0 Å². The van der Waals surface area contributed by atoms with Crippen LogP contribution in [0.3, 0.4) is 0 Å². The number of nitrogens with zero attached hydrogens (tertiary/aromatic N) is 2. The lowest BCUT2D eigenvalue weighted by Gasteiger charge is -2.05. The van der Waals surface area contributed by atoms with Gasteiger partial charge in [0.1, 0.15) is 17.9 Å². The van der Waals surface area contributed by atoms with Crippen molar-refractivity contribution in [2.45, 2.75) is 10.1 Å². The first-order valence-electron chi connectivity index (χ1n) is 4.91. The third kappa shape index (κ3) is 2.99. The maximum Gasteiger partial charge on any atom is 0.196 e. The van der Waals surface area contributed by atoms with Crippen molar-refractivity contribution in [3.63, 3.8) is 0 Å². The van der Waals surface area contributed by atoms with Gasteiger partial charge in [-0.1, -0.05) is 6.07 Å². The zero-order valence-corrected chi connectivity index (χ0v) is 11.5. The highest BCUT2D eigenvalue weighted by Crippen LogP contribution is 2.32.